The number of likely N-dealkylation sites (tertiary alicyclic amines) is 1. The molecule has 2 rings (SSSR count). The number of carboxylic acid groups (broad SMARTS) is 1. The van der Waals surface area contributed by atoms with E-state index in [4.69, 9.17) is 4.74 Å². The molecule has 0 aliphatic carbocycles. The van der Waals surface area contributed by atoms with Gasteiger partial charge in [-0.15, -0.1) is 0 Å². The third-order valence-corrected chi connectivity index (χ3v) is 3.72. The highest BCUT2D eigenvalue weighted by Crippen LogP contribution is 2.34. The summed E-state index contributed by atoms with van der Waals surface area (Å²) in [5.74, 6) is -0.926. The monoisotopic (exact) mass is 277 g/mol. The van der Waals surface area contributed by atoms with Crippen molar-refractivity contribution in [3.8, 4) is 0 Å². The van der Waals surface area contributed by atoms with Gasteiger partial charge in [-0.25, -0.2) is 0 Å². The van der Waals surface area contributed by atoms with Gasteiger partial charge in [-0.1, -0.05) is 30.3 Å². The fraction of sp³-hybridized carbons (Fsp3) is 0.467. The van der Waals surface area contributed by atoms with Gasteiger partial charge in [0.1, 0.15) is 5.41 Å². The lowest BCUT2D eigenvalue weighted by Crippen LogP contribution is -2.62. The Kier molecular flexibility index (Phi) is 4.39. The summed E-state index contributed by atoms with van der Waals surface area (Å²) in [7, 11) is 0. The van der Waals surface area contributed by atoms with E-state index in [9.17, 15) is 14.7 Å². The second kappa shape index (κ2) is 6.05. The molecule has 1 aromatic carbocycles. The smallest absolute Gasteiger partial charge is 0.313 e. The Hall–Kier alpha value is -1.88. The number of benzene rings is 1. The molecular weight excluding hydrogens is 258 g/mol. The first kappa shape index (κ1) is 14.5. The quantitative estimate of drug-likeness (QED) is 0.801. The van der Waals surface area contributed by atoms with Crippen LogP contribution in [0.4, 0.5) is 0 Å². The minimum Gasteiger partial charge on any atom is -0.481 e. The molecule has 1 aliphatic rings. The lowest BCUT2D eigenvalue weighted by atomic mass is 9.77. The molecule has 1 saturated heterocycles. The van der Waals surface area contributed by atoms with Crippen LogP contribution in [0.2, 0.25) is 0 Å². The zero-order valence-corrected chi connectivity index (χ0v) is 11.5. The Labute approximate surface area is 118 Å². The summed E-state index contributed by atoms with van der Waals surface area (Å²) in [5.41, 5.74) is 0.235. The number of hydrogen-bond donors (Lipinski definition) is 1. The molecule has 1 heterocycles. The molecule has 5 heteroatoms. The SMILES string of the molecule is CC(=O)N1CC(CCOCc2ccccc2)(C(=O)O)C1. The maximum absolute atomic E-state index is 11.3. The summed E-state index contributed by atoms with van der Waals surface area (Å²) in [6.45, 7) is 2.89. The fourth-order valence-corrected chi connectivity index (χ4v) is 2.34. The van der Waals surface area contributed by atoms with Crippen LogP contribution in [0.1, 0.15) is 18.9 Å². The van der Waals surface area contributed by atoms with Crippen molar-refractivity contribution in [2.24, 2.45) is 5.41 Å². The highest BCUT2D eigenvalue weighted by atomic mass is 16.5. The zero-order valence-electron chi connectivity index (χ0n) is 11.5. The molecule has 0 unspecified atom stereocenters. The molecule has 108 valence electrons. The maximum Gasteiger partial charge on any atom is 0.313 e. The molecule has 1 N–H and O–H groups in total. The summed E-state index contributed by atoms with van der Waals surface area (Å²) in [6, 6.07) is 9.75. The van der Waals surface area contributed by atoms with Crippen molar-refractivity contribution < 1.29 is 19.4 Å². The van der Waals surface area contributed by atoms with Crippen LogP contribution >= 0.6 is 0 Å². The molecule has 0 aromatic heterocycles. The highest BCUT2D eigenvalue weighted by molar-refractivity contribution is 5.82. The zero-order chi connectivity index (χ0) is 14.6. The predicted molar refractivity (Wildman–Crippen MR) is 73.0 cm³/mol. The number of hydrogen-bond acceptors (Lipinski definition) is 3. The number of rotatable bonds is 6. The Morgan fingerprint density at radius 3 is 2.50 bits per heavy atom. The van der Waals surface area contributed by atoms with E-state index in [0.29, 0.717) is 19.6 Å². The van der Waals surface area contributed by atoms with E-state index in [-0.39, 0.29) is 19.0 Å². The summed E-state index contributed by atoms with van der Waals surface area (Å²) in [6.07, 6.45) is 0.430. The van der Waals surface area contributed by atoms with Gasteiger partial charge in [0.05, 0.1) is 6.61 Å². The van der Waals surface area contributed by atoms with E-state index in [1.807, 2.05) is 30.3 Å². The maximum atomic E-state index is 11.3. The topological polar surface area (TPSA) is 66.8 Å². The lowest BCUT2D eigenvalue weighted by molar-refractivity contribution is -0.167. The van der Waals surface area contributed by atoms with Crippen molar-refractivity contribution in [2.75, 3.05) is 19.7 Å². The van der Waals surface area contributed by atoms with Crippen molar-refractivity contribution in [1.82, 2.24) is 4.90 Å². The number of ether oxygens (including phenoxy) is 1. The molecule has 5 nitrogen and oxygen atoms in total. The van der Waals surface area contributed by atoms with Crippen molar-refractivity contribution in [1.29, 1.82) is 0 Å². The fourth-order valence-electron chi connectivity index (χ4n) is 2.34. The average molecular weight is 277 g/mol. The summed E-state index contributed by atoms with van der Waals surface area (Å²) in [5, 5.41) is 9.31. The van der Waals surface area contributed by atoms with Gasteiger partial charge < -0.3 is 14.7 Å². The first-order chi connectivity index (χ1) is 9.53. The summed E-state index contributed by atoms with van der Waals surface area (Å²) >= 11 is 0. The minimum absolute atomic E-state index is 0.0768. The number of nitrogens with zero attached hydrogens (tertiary/aromatic N) is 1. The standard InChI is InChI=1S/C15H19NO4/c1-12(17)16-10-15(11-16,14(18)19)7-8-20-9-13-5-3-2-4-6-13/h2-6H,7-11H2,1H3,(H,18,19). The Bertz CT molecular complexity index is 480. The van der Waals surface area contributed by atoms with E-state index in [1.54, 1.807) is 4.90 Å². The molecule has 0 saturated carbocycles. The van der Waals surface area contributed by atoms with E-state index < -0.39 is 11.4 Å². The van der Waals surface area contributed by atoms with Crippen LogP contribution in [0.15, 0.2) is 30.3 Å². The van der Waals surface area contributed by atoms with Crippen LogP contribution in [-0.2, 0) is 20.9 Å². The predicted octanol–water partition coefficient (Wildman–Crippen LogP) is 1.53. The van der Waals surface area contributed by atoms with Crippen LogP contribution < -0.4 is 0 Å². The van der Waals surface area contributed by atoms with E-state index in [2.05, 4.69) is 0 Å². The highest BCUT2D eigenvalue weighted by Gasteiger charge is 2.50. The molecule has 0 radical (unpaired) electrons. The van der Waals surface area contributed by atoms with Crippen molar-refractivity contribution in [3.63, 3.8) is 0 Å². The number of carbonyl (C=O) groups is 2. The van der Waals surface area contributed by atoms with Crippen molar-refractivity contribution in [2.45, 2.75) is 20.0 Å². The number of aliphatic carboxylic acids is 1. The average Bonchev–Trinajstić information content (AvgIpc) is 2.37. The molecule has 1 aliphatic heterocycles. The first-order valence-electron chi connectivity index (χ1n) is 6.64. The third kappa shape index (κ3) is 3.17. The Morgan fingerprint density at radius 2 is 1.95 bits per heavy atom. The molecule has 20 heavy (non-hydrogen) atoms. The van der Waals surface area contributed by atoms with Crippen LogP contribution in [0.5, 0.6) is 0 Å². The van der Waals surface area contributed by atoms with Gasteiger partial charge in [0.15, 0.2) is 0 Å². The number of amides is 1. The van der Waals surface area contributed by atoms with Crippen LogP contribution in [0.25, 0.3) is 0 Å². The number of carboxylic acids is 1. The van der Waals surface area contributed by atoms with Crippen LogP contribution in [0, 0.1) is 5.41 Å². The van der Waals surface area contributed by atoms with E-state index in [0.717, 1.165) is 5.56 Å². The van der Waals surface area contributed by atoms with E-state index in [1.165, 1.54) is 6.92 Å². The van der Waals surface area contributed by atoms with Gasteiger partial charge in [0, 0.05) is 26.6 Å². The van der Waals surface area contributed by atoms with Gasteiger partial charge in [-0.3, -0.25) is 9.59 Å². The number of carbonyl (C=O) groups excluding carboxylic acids is 1. The van der Waals surface area contributed by atoms with Crippen molar-refractivity contribution in [3.05, 3.63) is 35.9 Å². The molecule has 1 amide bonds. The normalized spacial score (nSPS) is 16.6. The van der Waals surface area contributed by atoms with Gasteiger partial charge in [-0.2, -0.15) is 0 Å². The third-order valence-electron chi connectivity index (χ3n) is 3.72. The van der Waals surface area contributed by atoms with E-state index >= 15 is 0 Å². The molecule has 1 aromatic rings. The molecule has 0 atom stereocenters. The van der Waals surface area contributed by atoms with Crippen LogP contribution in [0.3, 0.4) is 0 Å². The minimum atomic E-state index is -0.849. The lowest BCUT2D eigenvalue weighted by Gasteiger charge is -2.46. The molecule has 1 fully saturated rings. The van der Waals surface area contributed by atoms with Crippen LogP contribution in [-0.4, -0.2) is 41.6 Å². The first-order valence-corrected chi connectivity index (χ1v) is 6.64. The van der Waals surface area contributed by atoms with Gasteiger partial charge in [-0.05, 0) is 12.0 Å². The summed E-state index contributed by atoms with van der Waals surface area (Å²) in [4.78, 5) is 24.0. The van der Waals surface area contributed by atoms with Crippen molar-refractivity contribution >= 4 is 11.9 Å². The summed E-state index contributed by atoms with van der Waals surface area (Å²) < 4.78 is 5.53. The second-order valence-corrected chi connectivity index (χ2v) is 5.25. The van der Waals surface area contributed by atoms with Gasteiger partial charge in [0.25, 0.3) is 0 Å². The molecular formula is C15H19NO4. The Balaban J connectivity index is 1.77. The molecule has 0 spiro atoms. The van der Waals surface area contributed by atoms with Gasteiger partial charge >= 0.3 is 5.97 Å². The van der Waals surface area contributed by atoms with Gasteiger partial charge in [0.2, 0.25) is 5.91 Å². The Morgan fingerprint density at radius 1 is 1.30 bits per heavy atom. The molecule has 0 bridgehead atoms. The largest absolute Gasteiger partial charge is 0.481 e. The second-order valence-electron chi connectivity index (χ2n) is 5.25.